The maximum absolute atomic E-state index is 11.0. The molecule has 0 spiro atoms. The first kappa shape index (κ1) is 21.3. The highest BCUT2D eigenvalue weighted by Crippen LogP contribution is 2.36. The standard InChI is InChI=1S/C21H23ClN4O5/c1-12(25-13(2)27)9-28-15-7-14(8-15)10-29-20-18(22)21(24-11-23-20)30-19-16-5-3-4-6-17(16)31-26-19/h3-6,11-12,14-15H,7-10H2,1-2H3,(H,25,27)/t12-,14?,15?/m0/s1. The molecule has 1 saturated carbocycles. The minimum atomic E-state index is -0.0576. The van der Waals surface area contributed by atoms with Crippen molar-refractivity contribution in [3.8, 4) is 17.6 Å². The fourth-order valence-corrected chi connectivity index (χ4v) is 3.54. The SMILES string of the molecule is CC(=O)N[C@@H](C)COC1CC(COc2ncnc(Oc3noc4ccccc34)c2Cl)C1. The minimum absolute atomic E-state index is 0.00659. The van der Waals surface area contributed by atoms with E-state index in [9.17, 15) is 4.79 Å². The third-order valence-corrected chi connectivity index (χ3v) is 5.27. The Morgan fingerprint density at radius 1 is 1.26 bits per heavy atom. The van der Waals surface area contributed by atoms with Crippen LogP contribution >= 0.6 is 11.6 Å². The van der Waals surface area contributed by atoms with Crippen molar-refractivity contribution in [1.29, 1.82) is 0 Å². The molecule has 0 saturated heterocycles. The monoisotopic (exact) mass is 446 g/mol. The fourth-order valence-electron chi connectivity index (χ4n) is 3.35. The van der Waals surface area contributed by atoms with Crippen LogP contribution in [0, 0.1) is 5.92 Å². The highest BCUT2D eigenvalue weighted by molar-refractivity contribution is 6.33. The van der Waals surface area contributed by atoms with Gasteiger partial charge in [0.15, 0.2) is 10.6 Å². The molecule has 3 aromatic rings. The Balaban J connectivity index is 1.27. The molecule has 0 aliphatic heterocycles. The van der Waals surface area contributed by atoms with Crippen LogP contribution in [-0.4, -0.2) is 46.4 Å². The maximum atomic E-state index is 11.0. The number of carbonyl (C=O) groups excluding carboxylic acids is 1. The molecule has 10 heteroatoms. The number of ether oxygens (including phenoxy) is 3. The van der Waals surface area contributed by atoms with Crippen molar-refractivity contribution < 1.29 is 23.5 Å². The van der Waals surface area contributed by atoms with E-state index in [2.05, 4.69) is 20.4 Å². The smallest absolute Gasteiger partial charge is 0.268 e. The first-order valence-electron chi connectivity index (χ1n) is 10.0. The van der Waals surface area contributed by atoms with Crippen LogP contribution in [0.15, 0.2) is 35.1 Å². The Bertz CT molecular complexity index is 1050. The van der Waals surface area contributed by atoms with Crippen LogP contribution < -0.4 is 14.8 Å². The summed E-state index contributed by atoms with van der Waals surface area (Å²) >= 11 is 6.38. The number of rotatable bonds is 9. The van der Waals surface area contributed by atoms with Gasteiger partial charge in [0.2, 0.25) is 17.7 Å². The highest BCUT2D eigenvalue weighted by Gasteiger charge is 2.31. The molecule has 1 fully saturated rings. The highest BCUT2D eigenvalue weighted by atomic mass is 35.5. The molecule has 9 nitrogen and oxygen atoms in total. The van der Waals surface area contributed by atoms with Crippen molar-refractivity contribution in [2.45, 2.75) is 38.8 Å². The Morgan fingerprint density at radius 2 is 2.03 bits per heavy atom. The van der Waals surface area contributed by atoms with E-state index in [1.54, 1.807) is 6.07 Å². The van der Waals surface area contributed by atoms with E-state index in [1.165, 1.54) is 13.3 Å². The normalized spacial score (nSPS) is 18.9. The van der Waals surface area contributed by atoms with E-state index >= 15 is 0 Å². The summed E-state index contributed by atoms with van der Waals surface area (Å²) in [6.07, 6.45) is 3.26. The second kappa shape index (κ2) is 9.49. The molecule has 31 heavy (non-hydrogen) atoms. The van der Waals surface area contributed by atoms with Gasteiger partial charge >= 0.3 is 0 Å². The predicted octanol–water partition coefficient (Wildman–Crippen LogP) is 3.76. The van der Waals surface area contributed by atoms with Gasteiger partial charge in [0.05, 0.1) is 24.7 Å². The summed E-state index contributed by atoms with van der Waals surface area (Å²) in [5.41, 5.74) is 0.604. The maximum Gasteiger partial charge on any atom is 0.268 e. The summed E-state index contributed by atoms with van der Waals surface area (Å²) in [6.45, 7) is 4.37. The number of carbonyl (C=O) groups is 1. The summed E-state index contributed by atoms with van der Waals surface area (Å²) in [5.74, 6) is 0.957. The number of benzene rings is 1. The van der Waals surface area contributed by atoms with Crippen LogP contribution in [0.4, 0.5) is 0 Å². The summed E-state index contributed by atoms with van der Waals surface area (Å²) in [7, 11) is 0. The second-order valence-corrected chi connectivity index (χ2v) is 7.97. The molecular formula is C21H23ClN4O5. The Labute approximate surface area is 184 Å². The van der Waals surface area contributed by atoms with E-state index in [1.807, 2.05) is 25.1 Å². The molecule has 1 atom stereocenters. The average Bonchev–Trinajstić information content (AvgIpc) is 3.11. The summed E-state index contributed by atoms with van der Waals surface area (Å²) in [4.78, 5) is 19.2. The molecular weight excluding hydrogens is 424 g/mol. The lowest BCUT2D eigenvalue weighted by Crippen LogP contribution is -2.40. The van der Waals surface area contributed by atoms with Crippen LogP contribution in [0.1, 0.15) is 26.7 Å². The zero-order valence-electron chi connectivity index (χ0n) is 17.2. The number of amides is 1. The van der Waals surface area contributed by atoms with Gasteiger partial charge in [-0.05, 0) is 43.0 Å². The largest absolute Gasteiger partial charge is 0.476 e. The second-order valence-electron chi connectivity index (χ2n) is 7.59. The third kappa shape index (κ3) is 5.23. The molecule has 0 radical (unpaired) electrons. The van der Waals surface area contributed by atoms with E-state index < -0.39 is 0 Å². The van der Waals surface area contributed by atoms with Gasteiger partial charge in [0.25, 0.3) is 5.88 Å². The molecule has 4 rings (SSSR count). The van der Waals surface area contributed by atoms with Crippen LogP contribution in [0.25, 0.3) is 11.0 Å². The van der Waals surface area contributed by atoms with Gasteiger partial charge in [-0.15, -0.1) is 0 Å². The number of hydrogen-bond acceptors (Lipinski definition) is 8. The minimum Gasteiger partial charge on any atom is -0.476 e. The lowest BCUT2D eigenvalue weighted by atomic mass is 9.83. The topological polar surface area (TPSA) is 109 Å². The van der Waals surface area contributed by atoms with Crippen molar-refractivity contribution in [3.05, 3.63) is 35.6 Å². The number of aromatic nitrogens is 3. The number of fused-ring (bicyclic) bond motifs is 1. The number of nitrogens with zero attached hydrogens (tertiary/aromatic N) is 3. The summed E-state index contributed by atoms with van der Waals surface area (Å²) in [5, 5.41) is 7.61. The number of hydrogen-bond donors (Lipinski definition) is 1. The van der Waals surface area contributed by atoms with E-state index in [-0.39, 0.29) is 40.7 Å². The zero-order valence-corrected chi connectivity index (χ0v) is 18.0. The van der Waals surface area contributed by atoms with Gasteiger partial charge in [-0.2, -0.15) is 4.98 Å². The van der Waals surface area contributed by atoms with Crippen molar-refractivity contribution in [2.75, 3.05) is 13.2 Å². The average molecular weight is 447 g/mol. The van der Waals surface area contributed by atoms with Crippen molar-refractivity contribution in [3.63, 3.8) is 0 Å². The molecule has 1 aromatic carbocycles. The fraction of sp³-hybridized carbons (Fsp3) is 0.429. The van der Waals surface area contributed by atoms with Crippen LogP contribution in [-0.2, 0) is 9.53 Å². The Kier molecular flexibility index (Phi) is 6.53. The molecule has 0 bridgehead atoms. The quantitative estimate of drug-likeness (QED) is 0.529. The molecule has 2 heterocycles. The Morgan fingerprint density at radius 3 is 2.84 bits per heavy atom. The van der Waals surface area contributed by atoms with Crippen LogP contribution in [0.5, 0.6) is 17.6 Å². The first-order valence-corrected chi connectivity index (χ1v) is 10.4. The number of halogens is 1. The third-order valence-electron chi connectivity index (χ3n) is 4.94. The molecule has 1 aliphatic rings. The molecule has 2 aromatic heterocycles. The summed E-state index contributed by atoms with van der Waals surface area (Å²) in [6, 6.07) is 7.33. The lowest BCUT2D eigenvalue weighted by Gasteiger charge is -2.35. The molecule has 0 unspecified atom stereocenters. The zero-order chi connectivity index (χ0) is 21.8. The van der Waals surface area contributed by atoms with Gasteiger partial charge in [0.1, 0.15) is 6.33 Å². The number of nitrogens with one attached hydrogen (secondary N) is 1. The predicted molar refractivity (Wildman–Crippen MR) is 112 cm³/mol. The van der Waals surface area contributed by atoms with E-state index in [4.69, 9.17) is 30.3 Å². The molecule has 1 aliphatic carbocycles. The van der Waals surface area contributed by atoms with E-state index in [0.717, 1.165) is 12.8 Å². The van der Waals surface area contributed by atoms with Crippen molar-refractivity contribution >= 4 is 28.5 Å². The van der Waals surface area contributed by atoms with Crippen molar-refractivity contribution in [2.24, 2.45) is 5.92 Å². The van der Waals surface area contributed by atoms with Gasteiger partial charge in [0, 0.05) is 13.0 Å². The first-order chi connectivity index (χ1) is 15.0. The molecule has 1 amide bonds. The van der Waals surface area contributed by atoms with Gasteiger partial charge < -0.3 is 24.1 Å². The molecule has 164 valence electrons. The van der Waals surface area contributed by atoms with Crippen molar-refractivity contribution in [1.82, 2.24) is 20.4 Å². The Hall–Kier alpha value is -2.91. The lowest BCUT2D eigenvalue weighted by molar-refractivity contribution is -0.120. The van der Waals surface area contributed by atoms with Gasteiger partial charge in [-0.25, -0.2) is 4.98 Å². The number of para-hydroxylation sites is 1. The summed E-state index contributed by atoms with van der Waals surface area (Å²) < 4.78 is 22.6. The van der Waals surface area contributed by atoms with Crippen LogP contribution in [0.2, 0.25) is 5.02 Å². The van der Waals surface area contributed by atoms with Gasteiger partial charge in [-0.3, -0.25) is 4.79 Å². The van der Waals surface area contributed by atoms with E-state index in [0.29, 0.717) is 30.1 Å². The molecule has 1 N–H and O–H groups in total. The van der Waals surface area contributed by atoms with Gasteiger partial charge in [-0.1, -0.05) is 23.7 Å². The van der Waals surface area contributed by atoms with Crippen LogP contribution in [0.3, 0.4) is 0 Å².